The fraction of sp³-hybridized carbons (Fsp3) is 0.480. The number of carbonyl (C=O) groups excluding carboxylic acids is 2. The highest BCUT2D eigenvalue weighted by molar-refractivity contribution is 6.35. The van der Waals surface area contributed by atoms with Crippen molar-refractivity contribution in [2.24, 2.45) is 0 Å². The van der Waals surface area contributed by atoms with E-state index in [0.29, 0.717) is 34.5 Å². The number of hydrogen-bond acceptors (Lipinski definition) is 4. The van der Waals surface area contributed by atoms with E-state index in [0.717, 1.165) is 12.8 Å². The third-order valence-electron chi connectivity index (χ3n) is 6.65. The first kappa shape index (κ1) is 28.6. The number of benzene rings is 1. The third kappa shape index (κ3) is 6.76. The molecular weight excluding hydrogens is 568 g/mol. The average Bonchev–Trinajstić information content (AvgIpc) is 3.04. The van der Waals surface area contributed by atoms with Crippen LogP contribution in [-0.2, 0) is 9.59 Å². The molecule has 0 spiro atoms. The number of rotatable bonds is 7. The maximum atomic E-state index is 13.1. The van der Waals surface area contributed by atoms with E-state index in [1.807, 2.05) is 0 Å². The van der Waals surface area contributed by atoms with Crippen molar-refractivity contribution in [3.8, 4) is 5.75 Å². The van der Waals surface area contributed by atoms with E-state index in [2.05, 4.69) is 20.5 Å². The summed E-state index contributed by atoms with van der Waals surface area (Å²) in [6.45, 7) is 3.33. The van der Waals surface area contributed by atoms with Crippen molar-refractivity contribution in [2.45, 2.75) is 75.9 Å². The van der Waals surface area contributed by atoms with Crippen LogP contribution < -0.4 is 25.3 Å². The van der Waals surface area contributed by atoms with Gasteiger partial charge in [-0.1, -0.05) is 34.8 Å². The smallest absolute Gasteiger partial charge is 0.397 e. The summed E-state index contributed by atoms with van der Waals surface area (Å²) in [5, 5.41) is 6.36. The van der Waals surface area contributed by atoms with Gasteiger partial charge in [0.25, 0.3) is 11.7 Å². The summed E-state index contributed by atoms with van der Waals surface area (Å²) >= 11 is 18.6. The summed E-state index contributed by atoms with van der Waals surface area (Å²) in [6, 6.07) is 6.32. The zero-order valence-corrected chi connectivity index (χ0v) is 22.9. The summed E-state index contributed by atoms with van der Waals surface area (Å²) in [6.07, 6.45) is -1.62. The van der Waals surface area contributed by atoms with E-state index in [-0.39, 0.29) is 34.7 Å². The number of aromatic amines is 1. The maximum absolute atomic E-state index is 13.1. The van der Waals surface area contributed by atoms with Crippen molar-refractivity contribution >= 4 is 58.1 Å². The van der Waals surface area contributed by atoms with Crippen LogP contribution in [0, 0.1) is 0 Å². The molecule has 1 aromatic heterocycles. The lowest BCUT2D eigenvalue weighted by atomic mass is 9.96. The Morgan fingerprint density at radius 3 is 2.32 bits per heavy atom. The molecule has 38 heavy (non-hydrogen) atoms. The number of nitrogens with zero attached hydrogens (tertiary/aromatic N) is 1. The van der Waals surface area contributed by atoms with Gasteiger partial charge < -0.3 is 15.4 Å². The number of halogens is 6. The minimum Gasteiger partial charge on any atom is -0.476 e. The molecule has 3 N–H and O–H groups in total. The van der Waals surface area contributed by atoms with Crippen LogP contribution in [0.3, 0.4) is 0 Å². The quantitative estimate of drug-likeness (QED) is 0.423. The standard InChI is InChI=1S/C25H26Cl3F3N4O3/c1-24(2,38-20-6-3-13(26)7-18(20)27)23(37)34-14-8-16-4-5-17(9-14)35(16)22-19(28)10-15(12-32-22)33-21(36)11-25(29,30)31/h3,6-7,10,12,14,16-17H,4-5,8-9,11H2,1-2H3,(H,33,36)(H,34,37)/p+1. The van der Waals surface area contributed by atoms with Crippen molar-refractivity contribution in [2.75, 3.05) is 10.2 Å². The van der Waals surface area contributed by atoms with E-state index < -0.39 is 24.1 Å². The summed E-state index contributed by atoms with van der Waals surface area (Å²) in [4.78, 5) is 29.9. The van der Waals surface area contributed by atoms with E-state index in [1.54, 1.807) is 32.0 Å². The molecular formula is C25H27Cl3F3N4O3+. The number of nitrogens with one attached hydrogen (secondary N) is 3. The molecule has 2 bridgehead atoms. The molecule has 0 saturated carbocycles. The molecule has 0 radical (unpaired) electrons. The van der Waals surface area contributed by atoms with Crippen molar-refractivity contribution < 1.29 is 32.5 Å². The lowest BCUT2D eigenvalue weighted by Crippen LogP contribution is -2.56. The number of aromatic nitrogens is 1. The molecule has 2 aromatic rings. The van der Waals surface area contributed by atoms with Crippen LogP contribution in [0.2, 0.25) is 15.1 Å². The molecule has 206 valence electrons. The van der Waals surface area contributed by atoms with E-state index >= 15 is 0 Å². The van der Waals surface area contributed by atoms with Crippen LogP contribution in [0.25, 0.3) is 0 Å². The van der Waals surface area contributed by atoms with E-state index in [4.69, 9.17) is 39.5 Å². The molecule has 0 aliphatic carbocycles. The highest BCUT2D eigenvalue weighted by Gasteiger charge is 2.48. The fourth-order valence-electron chi connectivity index (χ4n) is 5.02. The highest BCUT2D eigenvalue weighted by atomic mass is 35.5. The molecule has 2 aliphatic rings. The zero-order chi connectivity index (χ0) is 27.8. The molecule has 2 unspecified atom stereocenters. The molecule has 4 rings (SSSR count). The molecule has 2 saturated heterocycles. The summed E-state index contributed by atoms with van der Waals surface area (Å²) in [7, 11) is 0. The van der Waals surface area contributed by atoms with Crippen molar-refractivity contribution in [1.29, 1.82) is 0 Å². The third-order valence-corrected chi connectivity index (χ3v) is 7.47. The number of fused-ring (bicyclic) bond motifs is 2. The number of anilines is 2. The van der Waals surface area contributed by atoms with Gasteiger partial charge in [-0.05, 0) is 51.0 Å². The van der Waals surface area contributed by atoms with Crippen LogP contribution in [0.15, 0.2) is 30.5 Å². The van der Waals surface area contributed by atoms with Crippen molar-refractivity contribution in [3.05, 3.63) is 45.5 Å². The van der Waals surface area contributed by atoms with E-state index in [1.165, 1.54) is 12.3 Å². The van der Waals surface area contributed by atoms with Crippen LogP contribution in [0.4, 0.5) is 24.7 Å². The predicted molar refractivity (Wildman–Crippen MR) is 139 cm³/mol. The first-order valence-electron chi connectivity index (χ1n) is 12.0. The Kier molecular flexibility index (Phi) is 8.26. The van der Waals surface area contributed by atoms with Crippen LogP contribution in [0.1, 0.15) is 46.0 Å². The lowest BCUT2D eigenvalue weighted by molar-refractivity contribution is -0.363. The largest absolute Gasteiger partial charge is 0.476 e. The number of alkyl halides is 3. The molecule has 3 heterocycles. The molecule has 2 aliphatic heterocycles. The van der Waals surface area contributed by atoms with Gasteiger partial charge >= 0.3 is 6.18 Å². The molecule has 2 atom stereocenters. The number of ether oxygens (including phenoxy) is 1. The van der Waals surface area contributed by atoms with Crippen LogP contribution >= 0.6 is 34.8 Å². The molecule has 13 heteroatoms. The Labute approximate surface area is 233 Å². The Hall–Kier alpha value is -2.43. The van der Waals surface area contributed by atoms with Gasteiger partial charge in [-0.2, -0.15) is 13.2 Å². The Bertz CT molecular complexity index is 1210. The second-order valence-electron chi connectivity index (χ2n) is 10.0. The lowest BCUT2D eigenvalue weighted by Gasteiger charge is -2.36. The Morgan fingerprint density at radius 1 is 1.08 bits per heavy atom. The SMILES string of the molecule is CC(C)(Oc1ccc(Cl)cc1Cl)C(=O)NC1CC2CCC(C1)N2c1[nH+]cc(NC(=O)CC(F)(F)F)cc1Cl. The maximum Gasteiger partial charge on any atom is 0.397 e. The van der Waals surface area contributed by atoms with Gasteiger partial charge in [-0.3, -0.25) is 14.5 Å². The number of hydrogen-bond donors (Lipinski definition) is 2. The van der Waals surface area contributed by atoms with Gasteiger partial charge in [0.15, 0.2) is 5.60 Å². The Balaban J connectivity index is 1.38. The number of carbonyl (C=O) groups is 2. The predicted octanol–water partition coefficient (Wildman–Crippen LogP) is 5.83. The summed E-state index contributed by atoms with van der Waals surface area (Å²) in [5.74, 6) is -0.463. The minimum atomic E-state index is -4.60. The molecule has 7 nitrogen and oxygen atoms in total. The highest BCUT2D eigenvalue weighted by Crippen LogP contribution is 2.41. The number of pyridine rings is 1. The molecule has 2 amide bonds. The van der Waals surface area contributed by atoms with Gasteiger partial charge in [0.2, 0.25) is 5.91 Å². The van der Waals surface area contributed by atoms with Crippen molar-refractivity contribution in [3.63, 3.8) is 0 Å². The van der Waals surface area contributed by atoms with E-state index in [9.17, 15) is 22.8 Å². The monoisotopic (exact) mass is 593 g/mol. The van der Waals surface area contributed by atoms with Gasteiger partial charge in [-0.15, -0.1) is 0 Å². The second kappa shape index (κ2) is 11.0. The van der Waals surface area contributed by atoms with Crippen LogP contribution in [-0.4, -0.2) is 41.7 Å². The fourth-order valence-corrected chi connectivity index (χ4v) is 5.73. The second-order valence-corrected chi connectivity index (χ2v) is 11.3. The van der Waals surface area contributed by atoms with Gasteiger partial charge in [0, 0.05) is 23.9 Å². The van der Waals surface area contributed by atoms with Gasteiger partial charge in [-0.25, -0.2) is 4.98 Å². The number of piperidine rings is 1. The van der Waals surface area contributed by atoms with Crippen molar-refractivity contribution in [1.82, 2.24) is 5.32 Å². The molecule has 1 aromatic carbocycles. The first-order valence-corrected chi connectivity index (χ1v) is 13.2. The van der Waals surface area contributed by atoms with Gasteiger partial charge in [0.1, 0.15) is 23.4 Å². The zero-order valence-electron chi connectivity index (χ0n) is 20.6. The summed E-state index contributed by atoms with van der Waals surface area (Å²) < 4.78 is 43.2. The first-order chi connectivity index (χ1) is 17.7. The molecule has 2 fully saturated rings. The normalized spacial score (nSPS) is 21.3. The Morgan fingerprint density at radius 2 is 1.74 bits per heavy atom. The summed E-state index contributed by atoms with van der Waals surface area (Å²) in [5.41, 5.74) is -1.04. The number of H-pyrrole nitrogens is 1. The minimum absolute atomic E-state index is 0.0838. The topological polar surface area (TPSA) is 84.8 Å². The van der Waals surface area contributed by atoms with Crippen LogP contribution in [0.5, 0.6) is 5.75 Å². The average molecular weight is 595 g/mol. The van der Waals surface area contributed by atoms with Gasteiger partial charge in [0.05, 0.1) is 22.8 Å². The number of amides is 2.